The van der Waals surface area contributed by atoms with Crippen molar-refractivity contribution in [2.24, 2.45) is 7.05 Å². The van der Waals surface area contributed by atoms with Gasteiger partial charge in [0.25, 0.3) is 10.0 Å². The SMILES string of the molecule is CN(Cc1cnn(C)c1)C(=O)CCCN(C)S(=O)(=O)c1cccs1. The molecule has 0 spiro atoms. The van der Waals surface area contributed by atoms with Gasteiger partial charge >= 0.3 is 0 Å². The van der Waals surface area contributed by atoms with E-state index in [4.69, 9.17) is 0 Å². The molecule has 0 aliphatic heterocycles. The van der Waals surface area contributed by atoms with Gasteiger partial charge in [0, 0.05) is 52.4 Å². The Morgan fingerprint density at radius 3 is 2.71 bits per heavy atom. The summed E-state index contributed by atoms with van der Waals surface area (Å²) in [6.07, 6.45) is 4.38. The first-order valence-corrected chi connectivity index (χ1v) is 9.84. The Balaban J connectivity index is 1.79. The summed E-state index contributed by atoms with van der Waals surface area (Å²) in [5, 5.41) is 5.81. The number of thiophene rings is 1. The van der Waals surface area contributed by atoms with Crippen molar-refractivity contribution < 1.29 is 13.2 Å². The summed E-state index contributed by atoms with van der Waals surface area (Å²) in [4.78, 5) is 13.8. The highest BCUT2D eigenvalue weighted by Crippen LogP contribution is 2.20. The van der Waals surface area contributed by atoms with Crippen LogP contribution in [0.5, 0.6) is 0 Å². The van der Waals surface area contributed by atoms with Crippen LogP contribution in [0.1, 0.15) is 18.4 Å². The van der Waals surface area contributed by atoms with E-state index in [9.17, 15) is 13.2 Å². The number of amides is 1. The summed E-state index contributed by atoms with van der Waals surface area (Å²) in [6.45, 7) is 0.808. The molecule has 0 unspecified atom stereocenters. The van der Waals surface area contributed by atoms with Crippen molar-refractivity contribution in [3.8, 4) is 0 Å². The molecule has 0 saturated heterocycles. The molecule has 9 heteroatoms. The average molecular weight is 371 g/mol. The Bertz CT molecular complexity index is 769. The molecule has 132 valence electrons. The zero-order chi connectivity index (χ0) is 17.7. The third-order valence-corrected chi connectivity index (χ3v) is 6.86. The monoisotopic (exact) mass is 370 g/mol. The van der Waals surface area contributed by atoms with Crippen LogP contribution in [0.15, 0.2) is 34.1 Å². The standard InChI is InChI=1S/C15H22N4O3S2/c1-17(11-13-10-16-18(2)12-13)14(20)6-4-8-19(3)24(21,22)15-7-5-9-23-15/h5,7,9-10,12H,4,6,8,11H2,1-3H3. The van der Waals surface area contributed by atoms with Crippen LogP contribution in [0, 0.1) is 0 Å². The lowest BCUT2D eigenvalue weighted by Crippen LogP contribution is -2.30. The van der Waals surface area contributed by atoms with Crippen LogP contribution in [0.4, 0.5) is 0 Å². The van der Waals surface area contributed by atoms with E-state index in [1.807, 2.05) is 13.2 Å². The van der Waals surface area contributed by atoms with Gasteiger partial charge in [-0.1, -0.05) is 6.07 Å². The zero-order valence-corrected chi connectivity index (χ0v) is 15.7. The van der Waals surface area contributed by atoms with Crippen molar-refractivity contribution >= 4 is 27.3 Å². The second-order valence-electron chi connectivity index (χ2n) is 5.63. The van der Waals surface area contributed by atoms with Gasteiger partial charge in [-0.15, -0.1) is 11.3 Å². The minimum Gasteiger partial charge on any atom is -0.341 e. The molecule has 0 aliphatic rings. The van der Waals surface area contributed by atoms with E-state index in [0.29, 0.717) is 30.1 Å². The van der Waals surface area contributed by atoms with Gasteiger partial charge in [-0.25, -0.2) is 12.7 Å². The Labute approximate surface area is 146 Å². The molecule has 7 nitrogen and oxygen atoms in total. The number of carbonyl (C=O) groups is 1. The lowest BCUT2D eigenvalue weighted by Gasteiger charge is -2.18. The number of nitrogens with zero attached hydrogens (tertiary/aromatic N) is 4. The largest absolute Gasteiger partial charge is 0.341 e. The third kappa shape index (κ3) is 4.65. The topological polar surface area (TPSA) is 75.5 Å². The molecule has 24 heavy (non-hydrogen) atoms. The van der Waals surface area contributed by atoms with E-state index in [1.54, 1.807) is 47.4 Å². The van der Waals surface area contributed by atoms with Crippen LogP contribution >= 0.6 is 11.3 Å². The number of aryl methyl sites for hydroxylation is 1. The maximum atomic E-state index is 12.3. The molecule has 0 N–H and O–H groups in total. The van der Waals surface area contributed by atoms with Crippen LogP contribution in [0.2, 0.25) is 0 Å². The quantitative estimate of drug-likeness (QED) is 0.706. The van der Waals surface area contributed by atoms with Crippen molar-refractivity contribution in [2.45, 2.75) is 23.6 Å². The van der Waals surface area contributed by atoms with Crippen molar-refractivity contribution in [1.82, 2.24) is 19.0 Å². The number of hydrogen-bond acceptors (Lipinski definition) is 5. The highest BCUT2D eigenvalue weighted by Gasteiger charge is 2.21. The second kappa shape index (κ2) is 7.91. The number of sulfonamides is 1. The fourth-order valence-electron chi connectivity index (χ4n) is 2.24. The molecule has 0 aliphatic carbocycles. The number of hydrogen-bond donors (Lipinski definition) is 0. The first-order valence-electron chi connectivity index (χ1n) is 7.52. The average Bonchev–Trinajstić information content (AvgIpc) is 3.19. The fraction of sp³-hybridized carbons (Fsp3) is 0.467. The summed E-state index contributed by atoms with van der Waals surface area (Å²) in [5.74, 6) is -0.0132. The van der Waals surface area contributed by atoms with Gasteiger partial charge in [0.2, 0.25) is 5.91 Å². The number of rotatable bonds is 8. The molecule has 0 fully saturated rings. The lowest BCUT2D eigenvalue weighted by molar-refractivity contribution is -0.130. The first kappa shape index (κ1) is 18.6. The smallest absolute Gasteiger partial charge is 0.252 e. The molecule has 2 heterocycles. The predicted octanol–water partition coefficient (Wildman–Crippen LogP) is 1.54. The summed E-state index contributed by atoms with van der Waals surface area (Å²) in [7, 11) is 1.66. The van der Waals surface area contributed by atoms with E-state index < -0.39 is 10.0 Å². The van der Waals surface area contributed by atoms with Crippen LogP contribution in [0.3, 0.4) is 0 Å². The molecule has 2 rings (SSSR count). The fourth-order valence-corrected chi connectivity index (χ4v) is 4.65. The Morgan fingerprint density at radius 1 is 1.38 bits per heavy atom. The second-order valence-corrected chi connectivity index (χ2v) is 8.85. The summed E-state index contributed by atoms with van der Waals surface area (Å²) in [6, 6.07) is 3.30. The maximum Gasteiger partial charge on any atom is 0.252 e. The molecule has 0 bridgehead atoms. The highest BCUT2D eigenvalue weighted by molar-refractivity contribution is 7.91. The summed E-state index contributed by atoms with van der Waals surface area (Å²) in [5.41, 5.74) is 0.964. The van der Waals surface area contributed by atoms with Gasteiger partial charge in [-0.05, 0) is 17.9 Å². The maximum absolute atomic E-state index is 12.3. The van der Waals surface area contributed by atoms with Gasteiger partial charge in [0.05, 0.1) is 6.20 Å². The molecule has 1 amide bonds. The number of carbonyl (C=O) groups excluding carboxylic acids is 1. The minimum atomic E-state index is -3.44. The third-order valence-electron chi connectivity index (χ3n) is 3.63. The van der Waals surface area contributed by atoms with Gasteiger partial charge in [-0.3, -0.25) is 9.48 Å². The summed E-state index contributed by atoms with van der Waals surface area (Å²) >= 11 is 1.19. The summed E-state index contributed by atoms with van der Waals surface area (Å²) < 4.78 is 27.9. The molecule has 0 aromatic carbocycles. The van der Waals surface area contributed by atoms with E-state index in [0.717, 1.165) is 5.56 Å². The van der Waals surface area contributed by atoms with Crippen molar-refractivity contribution in [3.63, 3.8) is 0 Å². The molecule has 2 aromatic heterocycles. The van der Waals surface area contributed by atoms with Crippen LogP contribution in [-0.4, -0.2) is 54.0 Å². The van der Waals surface area contributed by atoms with E-state index in [-0.39, 0.29) is 5.91 Å². The molecule has 0 radical (unpaired) electrons. The lowest BCUT2D eigenvalue weighted by atomic mass is 10.2. The van der Waals surface area contributed by atoms with E-state index in [1.165, 1.54) is 15.6 Å². The normalized spacial score (nSPS) is 11.8. The highest BCUT2D eigenvalue weighted by atomic mass is 32.2. The van der Waals surface area contributed by atoms with Gasteiger partial charge in [-0.2, -0.15) is 5.10 Å². The van der Waals surface area contributed by atoms with Gasteiger partial charge in [0.1, 0.15) is 4.21 Å². The number of aromatic nitrogens is 2. The van der Waals surface area contributed by atoms with E-state index in [2.05, 4.69) is 5.10 Å². The Morgan fingerprint density at radius 2 is 2.12 bits per heavy atom. The Kier molecular flexibility index (Phi) is 6.14. The van der Waals surface area contributed by atoms with Crippen molar-refractivity contribution in [3.05, 3.63) is 35.5 Å². The van der Waals surface area contributed by atoms with Crippen molar-refractivity contribution in [2.75, 3.05) is 20.6 Å². The molecule has 2 aromatic rings. The van der Waals surface area contributed by atoms with Crippen LogP contribution < -0.4 is 0 Å². The molecule has 0 atom stereocenters. The van der Waals surface area contributed by atoms with Gasteiger partial charge in [0.15, 0.2) is 0 Å². The van der Waals surface area contributed by atoms with E-state index >= 15 is 0 Å². The van der Waals surface area contributed by atoms with Crippen LogP contribution in [0.25, 0.3) is 0 Å². The molecular weight excluding hydrogens is 348 g/mol. The Hall–Kier alpha value is -1.71. The zero-order valence-electron chi connectivity index (χ0n) is 14.0. The first-order chi connectivity index (χ1) is 11.3. The van der Waals surface area contributed by atoms with Gasteiger partial charge < -0.3 is 4.90 Å². The minimum absolute atomic E-state index is 0.0132. The molecule has 0 saturated carbocycles. The molecular formula is C15H22N4O3S2. The van der Waals surface area contributed by atoms with Crippen LogP contribution in [-0.2, 0) is 28.4 Å². The van der Waals surface area contributed by atoms with Crippen molar-refractivity contribution in [1.29, 1.82) is 0 Å². The predicted molar refractivity (Wildman–Crippen MR) is 93.1 cm³/mol.